The lowest BCUT2D eigenvalue weighted by atomic mass is 9.98. The summed E-state index contributed by atoms with van der Waals surface area (Å²) in [5.41, 5.74) is 3.15. The van der Waals surface area contributed by atoms with Crippen LogP contribution in [0.2, 0.25) is 0 Å². The van der Waals surface area contributed by atoms with E-state index in [1.54, 1.807) is 0 Å². The summed E-state index contributed by atoms with van der Waals surface area (Å²) >= 11 is 0. The number of benzene rings is 1. The first-order valence-electron chi connectivity index (χ1n) is 4.36. The Kier molecular flexibility index (Phi) is 3.07. The van der Waals surface area contributed by atoms with Gasteiger partial charge in [-0.15, -0.1) is 9.24 Å². The number of rotatable bonds is 1. The van der Waals surface area contributed by atoms with Crippen LogP contribution in [-0.4, -0.2) is 0 Å². The van der Waals surface area contributed by atoms with Crippen LogP contribution in [0.1, 0.15) is 36.5 Å². The van der Waals surface area contributed by atoms with Gasteiger partial charge < -0.3 is 0 Å². The van der Waals surface area contributed by atoms with Gasteiger partial charge in [0.15, 0.2) is 0 Å². The van der Waals surface area contributed by atoms with E-state index < -0.39 is 0 Å². The fourth-order valence-corrected chi connectivity index (χ4v) is 1.95. The minimum atomic E-state index is 0.513. The molecule has 1 rings (SSSR count). The molecule has 0 N–H and O–H groups in total. The van der Waals surface area contributed by atoms with Gasteiger partial charge in [-0.05, 0) is 35.3 Å². The van der Waals surface area contributed by atoms with E-state index in [0.717, 1.165) is 16.4 Å². The van der Waals surface area contributed by atoms with Gasteiger partial charge in [-0.25, -0.2) is 0 Å². The molecule has 0 bridgehead atoms. The highest BCUT2D eigenvalue weighted by atomic mass is 31.0. The van der Waals surface area contributed by atoms with Crippen LogP contribution in [0.5, 0.6) is 0 Å². The summed E-state index contributed by atoms with van der Waals surface area (Å²) in [5.74, 6) is 0.513. The molecule has 0 amide bonds. The zero-order chi connectivity index (χ0) is 10.0. The lowest BCUT2D eigenvalue weighted by Crippen LogP contribution is -2.05. The van der Waals surface area contributed by atoms with Crippen molar-refractivity contribution in [3.8, 4) is 6.07 Å². The summed E-state index contributed by atoms with van der Waals surface area (Å²) in [4.78, 5) is 0. The smallest absolute Gasteiger partial charge is 0.0994 e. The van der Waals surface area contributed by atoms with Crippen LogP contribution in [0, 0.1) is 18.3 Å². The average Bonchev–Trinajstić information content (AvgIpc) is 2.07. The van der Waals surface area contributed by atoms with Crippen molar-refractivity contribution in [1.82, 2.24) is 0 Å². The first kappa shape index (κ1) is 10.2. The standard InChI is InChI=1S/C11H14NP/c1-7(2)10-4-8(3)9(6-12)5-11(10)13/h4-5,7H,13H2,1-3H3. The highest BCUT2D eigenvalue weighted by Gasteiger charge is 2.06. The summed E-state index contributed by atoms with van der Waals surface area (Å²) in [5, 5.41) is 9.95. The van der Waals surface area contributed by atoms with Crippen LogP contribution in [0.25, 0.3) is 0 Å². The molecule has 0 heterocycles. The Morgan fingerprint density at radius 2 is 2.00 bits per heavy atom. The molecule has 0 aliphatic heterocycles. The van der Waals surface area contributed by atoms with Crippen molar-refractivity contribution in [2.75, 3.05) is 0 Å². The molecule has 0 saturated carbocycles. The SMILES string of the molecule is Cc1cc(C(C)C)c(P)cc1C#N. The maximum Gasteiger partial charge on any atom is 0.0994 e. The number of nitrogens with zero attached hydrogens (tertiary/aromatic N) is 1. The van der Waals surface area contributed by atoms with Crippen LogP contribution in [-0.2, 0) is 0 Å². The topological polar surface area (TPSA) is 23.8 Å². The van der Waals surface area contributed by atoms with E-state index in [4.69, 9.17) is 5.26 Å². The molecule has 1 aromatic rings. The molecular weight excluding hydrogens is 177 g/mol. The summed E-state index contributed by atoms with van der Waals surface area (Å²) in [6.45, 7) is 6.30. The number of hydrogen-bond donors (Lipinski definition) is 0. The van der Waals surface area contributed by atoms with E-state index in [2.05, 4.69) is 35.2 Å². The lowest BCUT2D eigenvalue weighted by molar-refractivity contribution is 0.872. The first-order chi connectivity index (χ1) is 6.06. The molecule has 1 unspecified atom stereocenters. The van der Waals surface area contributed by atoms with E-state index in [9.17, 15) is 0 Å². The Balaban J connectivity index is 3.31. The Bertz CT molecular complexity index is 361. The van der Waals surface area contributed by atoms with Crippen LogP contribution in [0.4, 0.5) is 0 Å². The summed E-state index contributed by atoms with van der Waals surface area (Å²) in [7, 11) is 2.69. The predicted molar refractivity (Wildman–Crippen MR) is 59.3 cm³/mol. The molecule has 0 spiro atoms. The van der Waals surface area contributed by atoms with Gasteiger partial charge in [0, 0.05) is 0 Å². The maximum atomic E-state index is 8.81. The van der Waals surface area contributed by atoms with E-state index in [-0.39, 0.29) is 0 Å². The highest BCUT2D eigenvalue weighted by Crippen LogP contribution is 2.18. The van der Waals surface area contributed by atoms with Gasteiger partial charge in [0.25, 0.3) is 0 Å². The minimum Gasteiger partial charge on any atom is -0.192 e. The molecule has 68 valence electrons. The van der Waals surface area contributed by atoms with Crippen LogP contribution in [0.3, 0.4) is 0 Å². The van der Waals surface area contributed by atoms with Crippen molar-refractivity contribution in [3.05, 3.63) is 28.8 Å². The largest absolute Gasteiger partial charge is 0.192 e. The molecule has 0 aliphatic carbocycles. The zero-order valence-corrected chi connectivity index (χ0v) is 9.41. The number of aryl methyl sites for hydroxylation is 1. The minimum absolute atomic E-state index is 0.513. The molecule has 0 radical (unpaired) electrons. The molecule has 0 aliphatic rings. The molecule has 0 fully saturated rings. The number of hydrogen-bond acceptors (Lipinski definition) is 1. The zero-order valence-electron chi connectivity index (χ0n) is 8.26. The van der Waals surface area contributed by atoms with Crippen molar-refractivity contribution < 1.29 is 0 Å². The van der Waals surface area contributed by atoms with Gasteiger partial charge in [-0.1, -0.05) is 19.9 Å². The molecule has 0 saturated heterocycles. The second-order valence-corrected chi connectivity index (χ2v) is 4.18. The normalized spacial score (nSPS) is 10.2. The van der Waals surface area contributed by atoms with Crippen molar-refractivity contribution in [1.29, 1.82) is 5.26 Å². The number of nitriles is 1. The summed E-state index contributed by atoms with van der Waals surface area (Å²) in [6, 6.07) is 6.23. The quantitative estimate of drug-likeness (QED) is 0.625. The van der Waals surface area contributed by atoms with Crippen LogP contribution < -0.4 is 5.30 Å². The summed E-state index contributed by atoms with van der Waals surface area (Å²) in [6.07, 6.45) is 0. The monoisotopic (exact) mass is 191 g/mol. The highest BCUT2D eigenvalue weighted by molar-refractivity contribution is 7.27. The molecule has 1 nitrogen and oxygen atoms in total. The maximum absolute atomic E-state index is 8.81. The Labute approximate surface area is 82.0 Å². The van der Waals surface area contributed by atoms with E-state index in [1.807, 2.05) is 13.0 Å². The molecule has 2 heteroatoms. The predicted octanol–water partition coefficient (Wildman–Crippen LogP) is 2.49. The molecular formula is C11H14NP. The Morgan fingerprint density at radius 3 is 2.46 bits per heavy atom. The van der Waals surface area contributed by atoms with Gasteiger partial charge in [-0.3, -0.25) is 0 Å². The van der Waals surface area contributed by atoms with E-state index in [1.165, 1.54) is 5.56 Å². The van der Waals surface area contributed by atoms with Crippen LogP contribution in [0.15, 0.2) is 12.1 Å². The third-order valence-electron chi connectivity index (χ3n) is 2.17. The van der Waals surface area contributed by atoms with Gasteiger partial charge in [0.1, 0.15) is 0 Å². The fraction of sp³-hybridized carbons (Fsp3) is 0.364. The van der Waals surface area contributed by atoms with E-state index in [0.29, 0.717) is 5.92 Å². The Morgan fingerprint density at radius 1 is 1.38 bits per heavy atom. The second-order valence-electron chi connectivity index (χ2n) is 3.56. The summed E-state index contributed by atoms with van der Waals surface area (Å²) < 4.78 is 0. The van der Waals surface area contributed by atoms with Crippen molar-refractivity contribution >= 4 is 14.5 Å². The molecule has 1 atom stereocenters. The van der Waals surface area contributed by atoms with Crippen molar-refractivity contribution in [2.45, 2.75) is 26.7 Å². The third kappa shape index (κ3) is 2.08. The average molecular weight is 191 g/mol. The third-order valence-corrected chi connectivity index (χ3v) is 2.67. The molecule has 0 aromatic heterocycles. The molecule has 1 aromatic carbocycles. The fourth-order valence-electron chi connectivity index (χ4n) is 1.37. The second kappa shape index (κ2) is 3.90. The van der Waals surface area contributed by atoms with Crippen molar-refractivity contribution in [3.63, 3.8) is 0 Å². The van der Waals surface area contributed by atoms with Gasteiger partial charge >= 0.3 is 0 Å². The van der Waals surface area contributed by atoms with Crippen molar-refractivity contribution in [2.24, 2.45) is 0 Å². The Hall–Kier alpha value is -0.860. The van der Waals surface area contributed by atoms with E-state index >= 15 is 0 Å². The van der Waals surface area contributed by atoms with Gasteiger partial charge in [0.2, 0.25) is 0 Å². The van der Waals surface area contributed by atoms with Gasteiger partial charge in [0.05, 0.1) is 11.6 Å². The lowest BCUT2D eigenvalue weighted by Gasteiger charge is -2.11. The first-order valence-corrected chi connectivity index (χ1v) is 4.94. The van der Waals surface area contributed by atoms with Gasteiger partial charge in [-0.2, -0.15) is 5.26 Å². The molecule has 13 heavy (non-hydrogen) atoms. The van der Waals surface area contributed by atoms with Crippen LogP contribution >= 0.6 is 9.24 Å².